The van der Waals surface area contributed by atoms with E-state index in [0.717, 1.165) is 0 Å². The highest BCUT2D eigenvalue weighted by atomic mass is 32.2. The lowest BCUT2D eigenvalue weighted by molar-refractivity contribution is 0.0997. The summed E-state index contributed by atoms with van der Waals surface area (Å²) < 4.78 is 23.5. The first-order valence-electron chi connectivity index (χ1n) is 4.60. The molecule has 0 spiro atoms. The van der Waals surface area contributed by atoms with Crippen molar-refractivity contribution in [2.75, 3.05) is 5.75 Å². The van der Waals surface area contributed by atoms with Gasteiger partial charge in [0.05, 0.1) is 16.2 Å². The predicted molar refractivity (Wildman–Crippen MR) is 57.3 cm³/mol. The van der Waals surface area contributed by atoms with Gasteiger partial charge in [-0.3, -0.25) is 4.79 Å². The van der Waals surface area contributed by atoms with Crippen molar-refractivity contribution in [1.82, 2.24) is 0 Å². The van der Waals surface area contributed by atoms with Crippen LogP contribution in [0.1, 0.15) is 23.7 Å². The molecule has 1 amide bonds. The Morgan fingerprint density at radius 3 is 2.47 bits per heavy atom. The van der Waals surface area contributed by atoms with E-state index >= 15 is 0 Å². The minimum atomic E-state index is -3.39. The summed E-state index contributed by atoms with van der Waals surface area (Å²) in [4.78, 5) is 11.1. The van der Waals surface area contributed by atoms with Crippen LogP contribution in [0, 0.1) is 0 Å². The Kier molecular flexibility index (Phi) is 3.47. The van der Waals surface area contributed by atoms with E-state index in [1.54, 1.807) is 19.1 Å². The molecule has 0 radical (unpaired) electrons. The van der Waals surface area contributed by atoms with Gasteiger partial charge in [-0.15, -0.1) is 0 Å². The molecule has 0 atom stereocenters. The van der Waals surface area contributed by atoms with Gasteiger partial charge in [0.25, 0.3) is 0 Å². The summed E-state index contributed by atoms with van der Waals surface area (Å²) in [6.45, 7) is 1.77. The molecule has 5 heteroatoms. The van der Waals surface area contributed by atoms with Crippen molar-refractivity contribution in [3.63, 3.8) is 0 Å². The molecule has 0 heterocycles. The van der Waals surface area contributed by atoms with E-state index in [1.807, 2.05) is 0 Å². The first kappa shape index (κ1) is 11.7. The molecule has 0 fully saturated rings. The summed E-state index contributed by atoms with van der Waals surface area (Å²) in [7, 11) is -3.39. The molecule has 0 saturated heterocycles. The van der Waals surface area contributed by atoms with Crippen LogP contribution in [0.2, 0.25) is 0 Å². The maximum absolute atomic E-state index is 11.7. The van der Waals surface area contributed by atoms with Crippen LogP contribution in [-0.2, 0) is 9.84 Å². The first-order chi connectivity index (χ1) is 6.99. The molecule has 4 nitrogen and oxygen atoms in total. The second kappa shape index (κ2) is 4.44. The normalized spacial score (nSPS) is 11.3. The number of primary amides is 1. The number of rotatable bonds is 4. The van der Waals surface area contributed by atoms with E-state index in [1.165, 1.54) is 12.1 Å². The van der Waals surface area contributed by atoms with Gasteiger partial charge in [0, 0.05) is 0 Å². The van der Waals surface area contributed by atoms with Crippen LogP contribution >= 0.6 is 0 Å². The van der Waals surface area contributed by atoms with Crippen molar-refractivity contribution in [3.8, 4) is 0 Å². The summed E-state index contributed by atoms with van der Waals surface area (Å²) in [6.07, 6.45) is 0.509. The Morgan fingerprint density at radius 2 is 1.93 bits per heavy atom. The molecule has 0 aliphatic heterocycles. The van der Waals surface area contributed by atoms with Crippen molar-refractivity contribution in [1.29, 1.82) is 0 Å². The SMILES string of the molecule is CCCS(=O)(=O)c1ccccc1C(N)=O. The number of benzene rings is 1. The van der Waals surface area contributed by atoms with E-state index in [2.05, 4.69) is 0 Å². The number of hydrogen-bond donors (Lipinski definition) is 1. The zero-order valence-electron chi connectivity index (χ0n) is 8.43. The minimum Gasteiger partial charge on any atom is -0.366 e. The van der Waals surface area contributed by atoms with Crippen molar-refractivity contribution in [2.45, 2.75) is 18.2 Å². The third-order valence-corrected chi connectivity index (χ3v) is 3.93. The van der Waals surface area contributed by atoms with E-state index in [-0.39, 0.29) is 16.2 Å². The number of carbonyl (C=O) groups is 1. The Labute approximate surface area is 89.0 Å². The molecule has 0 saturated carbocycles. The number of carbonyl (C=O) groups excluding carboxylic acids is 1. The molecule has 1 aromatic rings. The van der Waals surface area contributed by atoms with Crippen LogP contribution < -0.4 is 5.73 Å². The van der Waals surface area contributed by atoms with Crippen LogP contribution in [-0.4, -0.2) is 20.1 Å². The quantitative estimate of drug-likeness (QED) is 0.832. The fraction of sp³-hybridized carbons (Fsp3) is 0.300. The molecule has 1 aromatic carbocycles. The Hall–Kier alpha value is -1.36. The average molecular weight is 227 g/mol. The van der Waals surface area contributed by atoms with Crippen LogP contribution in [0.25, 0.3) is 0 Å². The lowest BCUT2D eigenvalue weighted by Gasteiger charge is -2.06. The van der Waals surface area contributed by atoms with Gasteiger partial charge in [-0.25, -0.2) is 8.42 Å². The van der Waals surface area contributed by atoms with Crippen LogP contribution in [0.15, 0.2) is 29.2 Å². The molecular formula is C10H13NO3S. The topological polar surface area (TPSA) is 77.2 Å². The van der Waals surface area contributed by atoms with Gasteiger partial charge >= 0.3 is 0 Å². The third-order valence-electron chi connectivity index (χ3n) is 1.96. The maximum Gasteiger partial charge on any atom is 0.250 e. The van der Waals surface area contributed by atoms with Crippen LogP contribution in [0.4, 0.5) is 0 Å². The number of hydrogen-bond acceptors (Lipinski definition) is 3. The molecule has 0 unspecified atom stereocenters. The molecule has 82 valence electrons. The van der Waals surface area contributed by atoms with E-state index in [0.29, 0.717) is 6.42 Å². The zero-order valence-corrected chi connectivity index (χ0v) is 9.25. The molecule has 0 aliphatic carbocycles. The molecule has 0 bridgehead atoms. The van der Waals surface area contributed by atoms with Crippen molar-refractivity contribution in [2.24, 2.45) is 5.73 Å². The fourth-order valence-electron chi connectivity index (χ4n) is 1.32. The zero-order chi connectivity index (χ0) is 11.5. The lowest BCUT2D eigenvalue weighted by atomic mass is 10.2. The Morgan fingerprint density at radius 1 is 1.33 bits per heavy atom. The van der Waals surface area contributed by atoms with E-state index in [4.69, 9.17) is 5.73 Å². The predicted octanol–water partition coefficient (Wildman–Crippen LogP) is 0.969. The molecule has 2 N–H and O–H groups in total. The molecule has 0 aromatic heterocycles. The molecule has 1 rings (SSSR count). The number of amides is 1. The van der Waals surface area contributed by atoms with E-state index < -0.39 is 15.7 Å². The summed E-state index contributed by atoms with van der Waals surface area (Å²) in [6, 6.07) is 6.00. The highest BCUT2D eigenvalue weighted by Crippen LogP contribution is 2.17. The first-order valence-corrected chi connectivity index (χ1v) is 6.26. The summed E-state index contributed by atoms with van der Waals surface area (Å²) >= 11 is 0. The highest BCUT2D eigenvalue weighted by molar-refractivity contribution is 7.91. The van der Waals surface area contributed by atoms with Gasteiger partial charge in [0.2, 0.25) is 5.91 Å². The Bertz CT molecular complexity index is 465. The van der Waals surface area contributed by atoms with Crippen molar-refractivity contribution < 1.29 is 13.2 Å². The summed E-state index contributed by atoms with van der Waals surface area (Å²) in [5.74, 6) is -0.692. The second-order valence-corrected chi connectivity index (χ2v) is 5.26. The molecule has 15 heavy (non-hydrogen) atoms. The van der Waals surface area contributed by atoms with Gasteiger partial charge in [0.15, 0.2) is 9.84 Å². The second-order valence-electron chi connectivity index (χ2n) is 3.18. The van der Waals surface area contributed by atoms with Gasteiger partial charge < -0.3 is 5.73 Å². The average Bonchev–Trinajstić information content (AvgIpc) is 2.17. The van der Waals surface area contributed by atoms with Gasteiger partial charge in [0.1, 0.15) is 0 Å². The van der Waals surface area contributed by atoms with Crippen molar-refractivity contribution in [3.05, 3.63) is 29.8 Å². The fourth-order valence-corrected chi connectivity index (χ4v) is 2.87. The monoisotopic (exact) mass is 227 g/mol. The van der Waals surface area contributed by atoms with Gasteiger partial charge in [-0.05, 0) is 18.6 Å². The largest absolute Gasteiger partial charge is 0.366 e. The van der Waals surface area contributed by atoms with Gasteiger partial charge in [-0.2, -0.15) is 0 Å². The van der Waals surface area contributed by atoms with E-state index in [9.17, 15) is 13.2 Å². The summed E-state index contributed by atoms with van der Waals surface area (Å²) in [5.41, 5.74) is 5.17. The van der Waals surface area contributed by atoms with Gasteiger partial charge in [-0.1, -0.05) is 19.1 Å². The van der Waals surface area contributed by atoms with Crippen molar-refractivity contribution >= 4 is 15.7 Å². The minimum absolute atomic E-state index is 0.0251. The smallest absolute Gasteiger partial charge is 0.250 e. The van der Waals surface area contributed by atoms with Crippen LogP contribution in [0.3, 0.4) is 0 Å². The molecule has 0 aliphatic rings. The molecular weight excluding hydrogens is 214 g/mol. The number of sulfone groups is 1. The standard InChI is InChI=1S/C10H13NO3S/c1-2-7-15(13,14)9-6-4-3-5-8(9)10(11)12/h3-6H,2,7H2,1H3,(H2,11,12). The number of nitrogens with two attached hydrogens (primary N) is 1. The Balaban J connectivity index is 3.31. The summed E-state index contributed by atoms with van der Waals surface area (Å²) in [5, 5.41) is 0. The lowest BCUT2D eigenvalue weighted by Crippen LogP contribution is -2.17. The maximum atomic E-state index is 11.7. The highest BCUT2D eigenvalue weighted by Gasteiger charge is 2.19. The third kappa shape index (κ3) is 2.56. The van der Waals surface area contributed by atoms with Crippen LogP contribution in [0.5, 0.6) is 0 Å².